The van der Waals surface area contributed by atoms with Gasteiger partial charge in [-0.05, 0) is 13.8 Å². The number of Topliss-reactive ketones (excluding diaryl/α,β-unsaturated/α-hetero) is 1. The summed E-state index contributed by atoms with van der Waals surface area (Å²) < 4.78 is 4.62. The first kappa shape index (κ1) is 24.2. The van der Waals surface area contributed by atoms with Gasteiger partial charge in [0.2, 0.25) is 5.41 Å². The largest absolute Gasteiger partial charge is 0.481 e. The van der Waals surface area contributed by atoms with E-state index in [1.54, 1.807) is 0 Å². The highest BCUT2D eigenvalue weighted by Gasteiger charge is 2.90. The summed E-state index contributed by atoms with van der Waals surface area (Å²) in [4.78, 5) is 90.1. The van der Waals surface area contributed by atoms with Gasteiger partial charge in [0, 0.05) is 11.9 Å². The van der Waals surface area contributed by atoms with E-state index in [9.17, 15) is 59.1 Å². The first-order valence-corrected chi connectivity index (χ1v) is 8.81. The van der Waals surface area contributed by atoms with Gasteiger partial charge in [0.25, 0.3) is 5.71 Å². The van der Waals surface area contributed by atoms with Crippen molar-refractivity contribution in [1.29, 1.82) is 0 Å². The fraction of sp³-hybridized carbons (Fsp3) is 0.444. The Kier molecular flexibility index (Phi) is 5.47. The zero-order valence-electron chi connectivity index (χ0n) is 16.7. The standard InChI is InChI=1S/C18H17NO13/c1-4-32-12(25)5-6(10(21)22)8-18(15(30)31,9(20)7(5)11(23)24)16(2,13(26)27)17(3,19-8)14(28)29/h7H,4H2,1-3H3,(H,21,22)(H,23,24)(H,26,27)(H,28,29)(H,30,31)/q+1. The number of ketones is 1. The second kappa shape index (κ2) is 7.25. The number of carbonyl (C=O) groups is 7. The topological polar surface area (TPSA) is 244 Å². The van der Waals surface area contributed by atoms with Crippen LogP contribution >= 0.6 is 0 Å². The van der Waals surface area contributed by atoms with E-state index in [0.29, 0.717) is 13.8 Å². The zero-order valence-corrected chi connectivity index (χ0v) is 16.7. The molecule has 14 heteroatoms. The number of carboxylic acid groups (broad SMARTS) is 5. The van der Waals surface area contributed by atoms with Crippen LogP contribution in [0.25, 0.3) is 0 Å². The summed E-state index contributed by atoms with van der Waals surface area (Å²) in [6.45, 7) is 2.06. The zero-order chi connectivity index (χ0) is 25.0. The van der Waals surface area contributed by atoms with Crippen molar-refractivity contribution in [2.75, 3.05) is 6.61 Å². The lowest BCUT2D eigenvalue weighted by molar-refractivity contribution is -0.180. The normalized spacial score (nSPS) is 31.4. The van der Waals surface area contributed by atoms with E-state index >= 15 is 0 Å². The van der Waals surface area contributed by atoms with Crippen LogP contribution in [0.15, 0.2) is 11.1 Å². The Balaban J connectivity index is 3.26. The average Bonchev–Trinajstić information content (AvgIpc) is 2.88. The van der Waals surface area contributed by atoms with Gasteiger partial charge in [0.1, 0.15) is 5.57 Å². The summed E-state index contributed by atoms with van der Waals surface area (Å²) in [5.41, 5.74) is -13.8. The van der Waals surface area contributed by atoms with Crippen LogP contribution in [0, 0.1) is 16.7 Å². The molecule has 0 aromatic rings. The summed E-state index contributed by atoms with van der Waals surface area (Å²) in [6, 6.07) is 0. The maximum atomic E-state index is 13.4. The summed E-state index contributed by atoms with van der Waals surface area (Å²) >= 11 is 0. The lowest BCUT2D eigenvalue weighted by Gasteiger charge is -2.39. The minimum absolute atomic E-state index is 0.397. The first-order valence-electron chi connectivity index (χ1n) is 8.81. The van der Waals surface area contributed by atoms with Crippen molar-refractivity contribution in [2.24, 2.45) is 16.7 Å². The monoisotopic (exact) mass is 455 g/mol. The number of hydrogen-bond acceptors (Lipinski definition) is 9. The summed E-state index contributed by atoms with van der Waals surface area (Å²) in [5, 5.41) is 48.9. The molecule has 32 heavy (non-hydrogen) atoms. The predicted molar refractivity (Wildman–Crippen MR) is 96.4 cm³/mol. The number of esters is 1. The number of rotatable bonds is 7. The minimum Gasteiger partial charge on any atom is -0.481 e. The van der Waals surface area contributed by atoms with Crippen molar-refractivity contribution in [3.63, 3.8) is 0 Å². The Morgan fingerprint density at radius 2 is 1.47 bits per heavy atom. The molecule has 0 amide bonds. The van der Waals surface area contributed by atoms with Crippen LogP contribution < -0.4 is 4.99 Å². The first-order chi connectivity index (χ1) is 14.6. The number of ether oxygens (including phenoxy) is 1. The van der Waals surface area contributed by atoms with Crippen LogP contribution in [0.5, 0.6) is 0 Å². The number of aliphatic carboxylic acids is 5. The lowest BCUT2D eigenvalue weighted by atomic mass is 9.50. The van der Waals surface area contributed by atoms with Crippen LogP contribution in [0.2, 0.25) is 0 Å². The molecule has 4 unspecified atom stereocenters. The van der Waals surface area contributed by atoms with Gasteiger partial charge in [-0.25, -0.2) is 14.4 Å². The van der Waals surface area contributed by atoms with E-state index in [4.69, 9.17) is 0 Å². The molecule has 1 aliphatic heterocycles. The summed E-state index contributed by atoms with van der Waals surface area (Å²) in [6.07, 6.45) is 0. The number of fused-ring (bicyclic) bond motifs is 1. The smallest absolute Gasteiger partial charge is 0.384 e. The Morgan fingerprint density at radius 1 is 0.938 bits per heavy atom. The van der Waals surface area contributed by atoms with E-state index in [1.165, 1.54) is 6.92 Å². The molecule has 14 nitrogen and oxygen atoms in total. The van der Waals surface area contributed by atoms with Crippen molar-refractivity contribution >= 4 is 47.3 Å². The van der Waals surface area contributed by atoms with Gasteiger partial charge in [0.05, 0.1) is 12.2 Å². The molecule has 0 fully saturated rings. The summed E-state index contributed by atoms with van der Waals surface area (Å²) in [5.74, 6) is -17.2. The molecule has 1 aliphatic carbocycles. The van der Waals surface area contributed by atoms with Crippen molar-refractivity contribution in [3.8, 4) is 0 Å². The molecule has 5 N–H and O–H groups in total. The van der Waals surface area contributed by atoms with Gasteiger partial charge >= 0.3 is 41.4 Å². The van der Waals surface area contributed by atoms with Crippen LogP contribution in [0.4, 0.5) is 0 Å². The van der Waals surface area contributed by atoms with Crippen molar-refractivity contribution < 1.29 is 63.8 Å². The molecular formula is C18H17NO13+. The summed E-state index contributed by atoms with van der Waals surface area (Å²) in [7, 11) is 0. The molecule has 0 saturated carbocycles. The fourth-order valence-corrected chi connectivity index (χ4v) is 4.18. The van der Waals surface area contributed by atoms with Gasteiger partial charge in [-0.2, -0.15) is 0 Å². The molecular weight excluding hydrogens is 438 g/mol. The molecule has 1 radical (unpaired) electrons. The predicted octanol–water partition coefficient (Wildman–Crippen LogP) is -1.99. The minimum atomic E-state index is -3.57. The van der Waals surface area contributed by atoms with Gasteiger partial charge in [-0.3, -0.25) is 19.2 Å². The molecule has 0 spiro atoms. The second-order valence-corrected chi connectivity index (χ2v) is 7.27. The third-order valence-electron chi connectivity index (χ3n) is 5.96. The lowest BCUT2D eigenvalue weighted by Crippen LogP contribution is -2.68. The molecule has 0 bridgehead atoms. The third kappa shape index (κ3) is 2.52. The number of aliphatic imine (C=N–C) groups is 1. The van der Waals surface area contributed by atoms with Crippen LogP contribution in [-0.4, -0.2) is 85.0 Å². The highest BCUT2D eigenvalue weighted by atomic mass is 16.5. The van der Waals surface area contributed by atoms with Gasteiger partial charge in [-0.1, -0.05) is 0 Å². The van der Waals surface area contributed by atoms with Crippen molar-refractivity contribution in [3.05, 3.63) is 11.1 Å². The quantitative estimate of drug-likeness (QED) is 0.206. The van der Waals surface area contributed by atoms with Gasteiger partial charge < -0.3 is 30.3 Å². The maximum Gasteiger partial charge on any atom is 0.384 e. The second-order valence-electron chi connectivity index (χ2n) is 7.27. The Labute approximate surface area is 177 Å². The number of nitrogens with zero attached hydrogens (tertiary/aromatic N) is 1. The van der Waals surface area contributed by atoms with E-state index in [2.05, 4.69) is 9.73 Å². The number of hydrogen-bond donors (Lipinski definition) is 5. The maximum absolute atomic E-state index is 13.4. The Bertz CT molecular complexity index is 1070. The van der Waals surface area contributed by atoms with E-state index < -0.39 is 87.4 Å². The van der Waals surface area contributed by atoms with Crippen LogP contribution in [0.3, 0.4) is 0 Å². The van der Waals surface area contributed by atoms with Crippen molar-refractivity contribution in [1.82, 2.24) is 4.99 Å². The number of carbonyl (C=O) groups excluding carboxylic acids is 2. The molecule has 171 valence electrons. The molecule has 2 aliphatic rings. The molecule has 2 rings (SSSR count). The Hall–Kier alpha value is -4.10. The third-order valence-corrected chi connectivity index (χ3v) is 5.96. The number of carboxylic acids is 5. The van der Waals surface area contributed by atoms with Crippen molar-refractivity contribution in [2.45, 2.75) is 26.3 Å². The molecule has 0 saturated heterocycles. The molecule has 1 heterocycles. The highest BCUT2D eigenvalue weighted by molar-refractivity contribution is 6.44. The highest BCUT2D eigenvalue weighted by Crippen LogP contribution is 2.58. The van der Waals surface area contributed by atoms with Gasteiger partial charge in [0.15, 0.2) is 17.1 Å². The van der Waals surface area contributed by atoms with Gasteiger partial charge in [-0.15, -0.1) is 0 Å². The molecule has 0 aromatic heterocycles. The molecule has 0 aromatic carbocycles. The van der Waals surface area contributed by atoms with E-state index in [1.807, 2.05) is 0 Å². The fourth-order valence-electron chi connectivity index (χ4n) is 4.18. The van der Waals surface area contributed by atoms with E-state index in [-0.39, 0.29) is 0 Å². The van der Waals surface area contributed by atoms with Crippen LogP contribution in [0.1, 0.15) is 20.8 Å². The van der Waals surface area contributed by atoms with Crippen LogP contribution in [-0.2, 0) is 38.3 Å². The SMILES string of the molecule is CCOC(=O)C1=C(C(=O)O)C2=[N+]C(C)(C(=O)O)C(C)(C(=O)O)C2(C(=O)O)C(=O)C1C(=O)O. The molecule has 4 atom stereocenters. The Morgan fingerprint density at radius 3 is 1.81 bits per heavy atom. The van der Waals surface area contributed by atoms with E-state index in [0.717, 1.165) is 0 Å². The average molecular weight is 455 g/mol.